The van der Waals surface area contributed by atoms with E-state index in [0.717, 1.165) is 13.1 Å². The molecule has 2 heterocycles. The van der Waals surface area contributed by atoms with Gasteiger partial charge in [0.25, 0.3) is 0 Å². The molecule has 0 bridgehead atoms. The summed E-state index contributed by atoms with van der Waals surface area (Å²) in [5, 5.41) is 2.13. The summed E-state index contributed by atoms with van der Waals surface area (Å²) in [6, 6.07) is 13.3. The molecule has 2 heteroatoms. The highest BCUT2D eigenvalue weighted by atomic mass is 32.1. The zero-order chi connectivity index (χ0) is 11.5. The van der Waals surface area contributed by atoms with Gasteiger partial charge in [-0.3, -0.25) is 4.90 Å². The van der Waals surface area contributed by atoms with Gasteiger partial charge in [0.2, 0.25) is 0 Å². The number of hydrogen-bond donors (Lipinski definition) is 0. The normalized spacial score (nSPS) is 16.5. The molecule has 0 N–H and O–H groups in total. The molecule has 0 unspecified atom stereocenters. The quantitative estimate of drug-likeness (QED) is 0.790. The van der Waals surface area contributed by atoms with E-state index in [2.05, 4.69) is 53.1 Å². The number of hydrogen-bond acceptors (Lipinski definition) is 2. The van der Waals surface area contributed by atoms with Crippen LogP contribution in [-0.2, 0) is 6.54 Å². The van der Waals surface area contributed by atoms with E-state index in [4.69, 9.17) is 0 Å². The van der Waals surface area contributed by atoms with Crippen LogP contribution in [0, 0.1) is 6.42 Å². The predicted molar refractivity (Wildman–Crippen MR) is 73.9 cm³/mol. The van der Waals surface area contributed by atoms with Crippen LogP contribution >= 0.6 is 11.3 Å². The van der Waals surface area contributed by atoms with Crippen molar-refractivity contribution >= 4 is 11.3 Å². The summed E-state index contributed by atoms with van der Waals surface area (Å²) < 4.78 is 0. The molecular formula is C15H16NS. The first-order chi connectivity index (χ1) is 8.42. The lowest BCUT2D eigenvalue weighted by Crippen LogP contribution is -2.18. The standard InChI is InChI=1S/C15H16NS/c1-2-10-16(9-1)12-13-5-7-14(8-6-13)15-4-3-11-17-15/h1,3-8,11H,2,9-10,12H2. The number of benzene rings is 1. The third-order valence-electron chi connectivity index (χ3n) is 3.20. The molecule has 1 radical (unpaired) electrons. The second-order valence-electron chi connectivity index (χ2n) is 4.49. The van der Waals surface area contributed by atoms with Gasteiger partial charge < -0.3 is 0 Å². The number of rotatable bonds is 3. The van der Waals surface area contributed by atoms with Gasteiger partial charge in [-0.1, -0.05) is 30.3 Å². The average molecular weight is 242 g/mol. The third-order valence-corrected chi connectivity index (χ3v) is 4.12. The van der Waals surface area contributed by atoms with E-state index in [-0.39, 0.29) is 0 Å². The second-order valence-corrected chi connectivity index (χ2v) is 5.43. The van der Waals surface area contributed by atoms with Gasteiger partial charge in [-0.2, -0.15) is 0 Å². The van der Waals surface area contributed by atoms with Gasteiger partial charge in [0.1, 0.15) is 0 Å². The third kappa shape index (κ3) is 2.59. The fourth-order valence-corrected chi connectivity index (χ4v) is 2.99. The van der Waals surface area contributed by atoms with E-state index in [9.17, 15) is 0 Å². The molecule has 0 atom stereocenters. The highest BCUT2D eigenvalue weighted by Gasteiger charge is 2.11. The largest absolute Gasteiger partial charge is 0.299 e. The molecule has 1 fully saturated rings. The van der Waals surface area contributed by atoms with Crippen molar-refractivity contribution in [1.29, 1.82) is 0 Å². The fraction of sp³-hybridized carbons (Fsp3) is 0.267. The Kier molecular flexibility index (Phi) is 3.25. The zero-order valence-corrected chi connectivity index (χ0v) is 10.6. The number of likely N-dealkylation sites (tertiary alicyclic amines) is 1. The first-order valence-corrected chi connectivity index (χ1v) is 6.96. The van der Waals surface area contributed by atoms with Gasteiger partial charge in [-0.05, 0) is 42.0 Å². The second kappa shape index (κ2) is 5.03. The average Bonchev–Trinajstić information content (AvgIpc) is 3.01. The Morgan fingerprint density at radius 1 is 1.12 bits per heavy atom. The minimum atomic E-state index is 1.08. The maximum atomic E-state index is 2.49. The molecule has 3 rings (SSSR count). The summed E-state index contributed by atoms with van der Waals surface area (Å²) in [7, 11) is 0. The first kappa shape index (κ1) is 11.0. The van der Waals surface area contributed by atoms with Crippen LogP contribution in [0.1, 0.15) is 12.0 Å². The van der Waals surface area contributed by atoms with Gasteiger partial charge in [0, 0.05) is 18.0 Å². The van der Waals surface area contributed by atoms with E-state index in [1.807, 2.05) is 0 Å². The Bertz CT molecular complexity index is 452. The van der Waals surface area contributed by atoms with Crippen molar-refractivity contribution < 1.29 is 0 Å². The van der Waals surface area contributed by atoms with E-state index in [0.29, 0.717) is 0 Å². The van der Waals surface area contributed by atoms with Crippen LogP contribution in [0.5, 0.6) is 0 Å². The SMILES string of the molecule is [CH]1CCN(Cc2ccc(-c3cccs3)cc2)C1. The van der Waals surface area contributed by atoms with Crippen LogP contribution in [0.4, 0.5) is 0 Å². The zero-order valence-electron chi connectivity index (χ0n) is 9.80. The molecule has 1 nitrogen and oxygen atoms in total. The smallest absolute Gasteiger partial charge is 0.0342 e. The van der Waals surface area contributed by atoms with Crippen molar-refractivity contribution in [3.63, 3.8) is 0 Å². The molecule has 0 saturated carbocycles. The number of nitrogens with zero attached hydrogens (tertiary/aromatic N) is 1. The van der Waals surface area contributed by atoms with E-state index < -0.39 is 0 Å². The molecule has 2 aromatic rings. The van der Waals surface area contributed by atoms with E-state index in [1.54, 1.807) is 11.3 Å². The van der Waals surface area contributed by atoms with Crippen LogP contribution in [0.15, 0.2) is 41.8 Å². The summed E-state index contributed by atoms with van der Waals surface area (Å²) in [6.07, 6.45) is 3.60. The monoisotopic (exact) mass is 242 g/mol. The molecule has 87 valence electrons. The van der Waals surface area contributed by atoms with Crippen LogP contribution in [-0.4, -0.2) is 18.0 Å². The van der Waals surface area contributed by atoms with E-state index in [1.165, 1.54) is 29.0 Å². The molecule has 0 amide bonds. The summed E-state index contributed by atoms with van der Waals surface area (Å²) in [5.41, 5.74) is 2.75. The Labute approximate surface area is 107 Å². The van der Waals surface area contributed by atoms with Crippen LogP contribution in [0.2, 0.25) is 0 Å². The lowest BCUT2D eigenvalue weighted by Gasteiger charge is -2.14. The predicted octanol–water partition coefficient (Wildman–Crippen LogP) is 3.83. The minimum absolute atomic E-state index is 1.08. The van der Waals surface area contributed by atoms with Crippen molar-refractivity contribution in [2.24, 2.45) is 0 Å². The lowest BCUT2D eigenvalue weighted by molar-refractivity contribution is 0.337. The summed E-state index contributed by atoms with van der Waals surface area (Å²) in [6.45, 7) is 3.45. The fourth-order valence-electron chi connectivity index (χ4n) is 2.26. The van der Waals surface area contributed by atoms with Crippen LogP contribution in [0.3, 0.4) is 0 Å². The summed E-state index contributed by atoms with van der Waals surface area (Å²) >= 11 is 1.80. The van der Waals surface area contributed by atoms with E-state index >= 15 is 0 Å². The molecule has 1 aromatic heterocycles. The highest BCUT2D eigenvalue weighted by Crippen LogP contribution is 2.25. The van der Waals surface area contributed by atoms with Crippen molar-refractivity contribution in [3.05, 3.63) is 53.8 Å². The van der Waals surface area contributed by atoms with Gasteiger partial charge in [0.05, 0.1) is 0 Å². The molecule has 1 saturated heterocycles. The molecule has 17 heavy (non-hydrogen) atoms. The van der Waals surface area contributed by atoms with Gasteiger partial charge in [-0.15, -0.1) is 11.3 Å². The lowest BCUT2D eigenvalue weighted by atomic mass is 10.1. The minimum Gasteiger partial charge on any atom is -0.299 e. The number of thiophene rings is 1. The van der Waals surface area contributed by atoms with Gasteiger partial charge in [0.15, 0.2) is 0 Å². The molecule has 0 aliphatic carbocycles. The Balaban J connectivity index is 1.71. The maximum Gasteiger partial charge on any atom is 0.0342 e. The van der Waals surface area contributed by atoms with Gasteiger partial charge >= 0.3 is 0 Å². The first-order valence-electron chi connectivity index (χ1n) is 6.09. The Morgan fingerprint density at radius 2 is 2.00 bits per heavy atom. The van der Waals surface area contributed by atoms with Crippen molar-refractivity contribution in [3.8, 4) is 10.4 Å². The Hall–Kier alpha value is -1.12. The van der Waals surface area contributed by atoms with Crippen molar-refractivity contribution in [2.45, 2.75) is 13.0 Å². The molecule has 0 spiro atoms. The highest BCUT2D eigenvalue weighted by molar-refractivity contribution is 7.13. The summed E-state index contributed by atoms with van der Waals surface area (Å²) in [4.78, 5) is 3.84. The Morgan fingerprint density at radius 3 is 2.65 bits per heavy atom. The van der Waals surface area contributed by atoms with Crippen molar-refractivity contribution in [1.82, 2.24) is 4.90 Å². The van der Waals surface area contributed by atoms with Gasteiger partial charge in [-0.25, -0.2) is 0 Å². The van der Waals surface area contributed by atoms with Crippen molar-refractivity contribution in [2.75, 3.05) is 13.1 Å². The summed E-state index contributed by atoms with van der Waals surface area (Å²) in [5.74, 6) is 0. The maximum absolute atomic E-state index is 2.49. The molecule has 1 aliphatic rings. The molecule has 1 aliphatic heterocycles. The topological polar surface area (TPSA) is 3.24 Å². The van der Waals surface area contributed by atoms with Crippen LogP contribution in [0.25, 0.3) is 10.4 Å². The van der Waals surface area contributed by atoms with Crippen LogP contribution < -0.4 is 0 Å². The molecule has 1 aromatic carbocycles. The molecular weight excluding hydrogens is 226 g/mol.